The van der Waals surface area contributed by atoms with Gasteiger partial charge in [-0.2, -0.15) is 0 Å². The molecule has 0 radical (unpaired) electrons. The third-order valence-electron chi connectivity index (χ3n) is 3.75. The van der Waals surface area contributed by atoms with E-state index in [0.717, 1.165) is 18.5 Å². The second kappa shape index (κ2) is 7.22. The molecule has 0 saturated carbocycles. The van der Waals surface area contributed by atoms with Crippen molar-refractivity contribution in [2.75, 3.05) is 26.2 Å². The summed E-state index contributed by atoms with van der Waals surface area (Å²) in [7, 11) is 0. The first kappa shape index (κ1) is 15.5. The van der Waals surface area contributed by atoms with Gasteiger partial charge in [-0.05, 0) is 24.5 Å². The predicted molar refractivity (Wildman–Crippen MR) is 81.8 cm³/mol. The lowest BCUT2D eigenvalue weighted by Crippen LogP contribution is -2.50. The summed E-state index contributed by atoms with van der Waals surface area (Å²) in [4.78, 5) is 25.2. The van der Waals surface area contributed by atoms with Crippen molar-refractivity contribution in [2.45, 2.75) is 26.3 Å². The molecule has 2 amide bonds. The minimum absolute atomic E-state index is 0.0164. The van der Waals surface area contributed by atoms with Gasteiger partial charge in [0.05, 0.1) is 19.1 Å². The van der Waals surface area contributed by atoms with E-state index in [1.165, 1.54) is 5.56 Å². The van der Waals surface area contributed by atoms with Gasteiger partial charge in [0.1, 0.15) is 0 Å². The van der Waals surface area contributed by atoms with Crippen molar-refractivity contribution < 1.29 is 9.59 Å². The molecule has 21 heavy (non-hydrogen) atoms. The number of aryl methyl sites for hydroxylation is 1. The quantitative estimate of drug-likeness (QED) is 0.845. The number of benzene rings is 1. The van der Waals surface area contributed by atoms with Gasteiger partial charge in [-0.3, -0.25) is 14.5 Å². The first-order valence-corrected chi connectivity index (χ1v) is 7.45. The van der Waals surface area contributed by atoms with Crippen LogP contribution in [0.25, 0.3) is 0 Å². The Morgan fingerprint density at radius 3 is 2.71 bits per heavy atom. The van der Waals surface area contributed by atoms with Crippen LogP contribution in [0.3, 0.4) is 0 Å². The zero-order chi connectivity index (χ0) is 15.2. The average Bonchev–Trinajstić information content (AvgIpc) is 2.47. The molecule has 1 fully saturated rings. The highest BCUT2D eigenvalue weighted by Gasteiger charge is 2.19. The molecular weight excluding hydrogens is 266 g/mol. The molecule has 2 N–H and O–H groups in total. The third kappa shape index (κ3) is 4.56. The fraction of sp³-hybridized carbons (Fsp3) is 0.500. The summed E-state index contributed by atoms with van der Waals surface area (Å²) in [5.74, 6) is -0.0611. The molecule has 5 heteroatoms. The third-order valence-corrected chi connectivity index (χ3v) is 3.75. The molecule has 0 bridgehead atoms. The molecule has 0 aromatic heterocycles. The van der Waals surface area contributed by atoms with E-state index in [0.29, 0.717) is 13.1 Å². The lowest BCUT2D eigenvalue weighted by Gasteiger charge is -2.26. The van der Waals surface area contributed by atoms with Gasteiger partial charge in [-0.1, -0.05) is 31.2 Å². The topological polar surface area (TPSA) is 61.4 Å². The van der Waals surface area contributed by atoms with E-state index in [1.807, 2.05) is 11.8 Å². The van der Waals surface area contributed by atoms with E-state index in [9.17, 15) is 9.59 Å². The first-order valence-electron chi connectivity index (χ1n) is 7.45. The predicted octanol–water partition coefficient (Wildman–Crippen LogP) is 0.858. The highest BCUT2D eigenvalue weighted by Crippen LogP contribution is 2.13. The van der Waals surface area contributed by atoms with E-state index >= 15 is 0 Å². The fourth-order valence-electron chi connectivity index (χ4n) is 2.44. The van der Waals surface area contributed by atoms with Crippen molar-refractivity contribution in [3.05, 3.63) is 35.4 Å². The molecule has 2 rings (SSSR count). The summed E-state index contributed by atoms with van der Waals surface area (Å²) in [6.45, 7) is 5.99. The first-order chi connectivity index (χ1) is 10.1. The zero-order valence-electron chi connectivity index (χ0n) is 12.7. The maximum absolute atomic E-state index is 12.0. The van der Waals surface area contributed by atoms with E-state index in [2.05, 4.69) is 41.8 Å². The van der Waals surface area contributed by atoms with Crippen LogP contribution in [0, 0.1) is 0 Å². The highest BCUT2D eigenvalue weighted by molar-refractivity contribution is 5.82. The number of carbonyl (C=O) groups is 2. The maximum atomic E-state index is 12.0. The molecule has 0 unspecified atom stereocenters. The van der Waals surface area contributed by atoms with Crippen molar-refractivity contribution in [2.24, 2.45) is 0 Å². The molecule has 5 nitrogen and oxygen atoms in total. The monoisotopic (exact) mass is 289 g/mol. The zero-order valence-corrected chi connectivity index (χ0v) is 12.7. The summed E-state index contributed by atoms with van der Waals surface area (Å²) in [5.41, 5.74) is 2.38. The van der Waals surface area contributed by atoms with Gasteiger partial charge in [-0.25, -0.2) is 0 Å². The largest absolute Gasteiger partial charge is 0.354 e. The summed E-state index contributed by atoms with van der Waals surface area (Å²) in [6, 6.07) is 8.26. The number of rotatable bonds is 5. The SMILES string of the molecule is CCc1ccc([C@@H](C)NC(=O)CN2CCNC(=O)C2)cc1. The summed E-state index contributed by atoms with van der Waals surface area (Å²) >= 11 is 0. The Bertz CT molecular complexity index is 499. The van der Waals surface area contributed by atoms with Crippen molar-refractivity contribution in [3.63, 3.8) is 0 Å². The molecule has 1 aliphatic rings. The Morgan fingerprint density at radius 2 is 2.10 bits per heavy atom. The molecule has 1 aliphatic heterocycles. The van der Waals surface area contributed by atoms with Gasteiger partial charge in [0.2, 0.25) is 11.8 Å². The van der Waals surface area contributed by atoms with Gasteiger partial charge in [0.15, 0.2) is 0 Å². The molecule has 1 aromatic carbocycles. The van der Waals surface area contributed by atoms with E-state index < -0.39 is 0 Å². The summed E-state index contributed by atoms with van der Waals surface area (Å²) in [6.07, 6.45) is 1.01. The number of piperazine rings is 1. The van der Waals surface area contributed by atoms with Crippen molar-refractivity contribution in [1.29, 1.82) is 0 Å². The number of hydrogen-bond acceptors (Lipinski definition) is 3. The Labute approximate surface area is 125 Å². The van der Waals surface area contributed by atoms with Crippen LogP contribution in [0.2, 0.25) is 0 Å². The molecule has 114 valence electrons. The van der Waals surface area contributed by atoms with E-state index in [1.54, 1.807) is 0 Å². The molecule has 1 saturated heterocycles. The van der Waals surface area contributed by atoms with Crippen LogP contribution in [0.5, 0.6) is 0 Å². The van der Waals surface area contributed by atoms with Crippen LogP contribution >= 0.6 is 0 Å². The van der Waals surface area contributed by atoms with Crippen LogP contribution < -0.4 is 10.6 Å². The maximum Gasteiger partial charge on any atom is 0.234 e. The van der Waals surface area contributed by atoms with Crippen LogP contribution in [-0.4, -0.2) is 42.9 Å². The molecule has 1 aromatic rings. The van der Waals surface area contributed by atoms with Crippen LogP contribution in [-0.2, 0) is 16.0 Å². The summed E-state index contributed by atoms with van der Waals surface area (Å²) < 4.78 is 0. The minimum Gasteiger partial charge on any atom is -0.354 e. The van der Waals surface area contributed by atoms with Crippen molar-refractivity contribution in [3.8, 4) is 0 Å². The lowest BCUT2D eigenvalue weighted by molar-refractivity contribution is -0.127. The number of amides is 2. The Morgan fingerprint density at radius 1 is 1.38 bits per heavy atom. The van der Waals surface area contributed by atoms with Crippen LogP contribution in [0.4, 0.5) is 0 Å². The number of carbonyl (C=O) groups excluding carboxylic acids is 2. The van der Waals surface area contributed by atoms with Crippen LogP contribution in [0.15, 0.2) is 24.3 Å². The van der Waals surface area contributed by atoms with E-state index in [4.69, 9.17) is 0 Å². The smallest absolute Gasteiger partial charge is 0.234 e. The normalized spacial score (nSPS) is 17.1. The van der Waals surface area contributed by atoms with Crippen LogP contribution in [0.1, 0.15) is 31.0 Å². The molecule has 1 atom stereocenters. The van der Waals surface area contributed by atoms with Gasteiger partial charge >= 0.3 is 0 Å². The lowest BCUT2D eigenvalue weighted by atomic mass is 10.1. The van der Waals surface area contributed by atoms with Crippen molar-refractivity contribution in [1.82, 2.24) is 15.5 Å². The average molecular weight is 289 g/mol. The van der Waals surface area contributed by atoms with Gasteiger partial charge in [-0.15, -0.1) is 0 Å². The van der Waals surface area contributed by atoms with Gasteiger partial charge in [0, 0.05) is 13.1 Å². The molecule has 0 spiro atoms. The van der Waals surface area contributed by atoms with E-state index in [-0.39, 0.29) is 24.4 Å². The second-order valence-electron chi connectivity index (χ2n) is 5.44. The number of nitrogens with one attached hydrogen (secondary N) is 2. The summed E-state index contributed by atoms with van der Waals surface area (Å²) in [5, 5.41) is 5.73. The molecule has 0 aliphatic carbocycles. The Balaban J connectivity index is 1.84. The fourth-order valence-corrected chi connectivity index (χ4v) is 2.44. The minimum atomic E-state index is -0.0447. The standard InChI is InChI=1S/C16H23N3O2/c1-3-13-4-6-14(7-5-13)12(2)18-16(21)11-19-9-8-17-15(20)10-19/h4-7,12H,3,8-11H2,1-2H3,(H,17,20)(H,18,21)/t12-/m1/s1. The van der Waals surface area contributed by atoms with Gasteiger partial charge < -0.3 is 10.6 Å². The molecular formula is C16H23N3O2. The second-order valence-corrected chi connectivity index (χ2v) is 5.44. The molecule has 1 heterocycles. The Hall–Kier alpha value is -1.88. The Kier molecular flexibility index (Phi) is 5.33. The van der Waals surface area contributed by atoms with Crippen molar-refractivity contribution >= 4 is 11.8 Å². The highest BCUT2D eigenvalue weighted by atomic mass is 16.2. The number of nitrogens with zero attached hydrogens (tertiary/aromatic N) is 1. The van der Waals surface area contributed by atoms with Gasteiger partial charge in [0.25, 0.3) is 0 Å². The number of hydrogen-bond donors (Lipinski definition) is 2.